The lowest BCUT2D eigenvalue weighted by Gasteiger charge is -2.21. The topological polar surface area (TPSA) is 126 Å². The van der Waals surface area contributed by atoms with Crippen molar-refractivity contribution in [3.8, 4) is 0 Å². The molecule has 1 fully saturated rings. The zero-order valence-corrected chi connectivity index (χ0v) is 12.9. The van der Waals surface area contributed by atoms with Gasteiger partial charge in [0.05, 0.1) is 25.2 Å². The maximum absolute atomic E-state index is 11.1. The molecule has 0 radical (unpaired) electrons. The maximum atomic E-state index is 11.1. The molecule has 3 rings (SSSR count). The van der Waals surface area contributed by atoms with Gasteiger partial charge in [0.1, 0.15) is 0 Å². The number of nitrogens with zero attached hydrogens (tertiary/aromatic N) is 3. The molecule has 0 unspecified atom stereocenters. The van der Waals surface area contributed by atoms with Gasteiger partial charge in [-0.05, 0) is 19.3 Å². The van der Waals surface area contributed by atoms with Gasteiger partial charge in [-0.1, -0.05) is 0 Å². The second kappa shape index (κ2) is 6.83. The number of ether oxygens (including phenoxy) is 1. The van der Waals surface area contributed by atoms with Gasteiger partial charge in [-0.2, -0.15) is 0 Å². The van der Waals surface area contributed by atoms with Gasteiger partial charge >= 0.3 is 11.9 Å². The number of carbonyl (C=O) groups is 2. The third-order valence-corrected chi connectivity index (χ3v) is 4.02. The van der Waals surface area contributed by atoms with Gasteiger partial charge in [-0.15, -0.1) is 0 Å². The SMILES string of the molecule is O=C(O)CCO[C@@H]1CCC[C@H]1Nc1nccn2cc(C(=O)O)nc12. The molecule has 0 saturated heterocycles. The second-order valence-corrected chi connectivity index (χ2v) is 5.67. The number of aromatic carboxylic acids is 1. The lowest BCUT2D eigenvalue weighted by atomic mass is 10.2. The van der Waals surface area contributed by atoms with E-state index in [2.05, 4.69) is 15.3 Å². The van der Waals surface area contributed by atoms with Crippen molar-refractivity contribution in [1.82, 2.24) is 14.4 Å². The van der Waals surface area contributed by atoms with Crippen LogP contribution >= 0.6 is 0 Å². The largest absolute Gasteiger partial charge is 0.481 e. The Morgan fingerprint density at radius 1 is 1.38 bits per heavy atom. The summed E-state index contributed by atoms with van der Waals surface area (Å²) < 4.78 is 7.27. The molecular weight excluding hydrogens is 316 g/mol. The average Bonchev–Trinajstić information content (AvgIpc) is 3.14. The van der Waals surface area contributed by atoms with Gasteiger partial charge < -0.3 is 24.7 Å². The van der Waals surface area contributed by atoms with E-state index in [1.165, 1.54) is 6.20 Å². The zero-order chi connectivity index (χ0) is 17.1. The third-order valence-electron chi connectivity index (χ3n) is 4.02. The van der Waals surface area contributed by atoms with E-state index >= 15 is 0 Å². The number of aromatic nitrogens is 3. The van der Waals surface area contributed by atoms with Crippen LogP contribution in [0.5, 0.6) is 0 Å². The van der Waals surface area contributed by atoms with E-state index in [-0.39, 0.29) is 30.9 Å². The molecule has 0 spiro atoms. The summed E-state index contributed by atoms with van der Waals surface area (Å²) in [4.78, 5) is 30.0. The highest BCUT2D eigenvalue weighted by molar-refractivity contribution is 5.86. The van der Waals surface area contributed by atoms with Gasteiger partial charge in [0.25, 0.3) is 0 Å². The fourth-order valence-electron chi connectivity index (χ4n) is 2.89. The standard InChI is InChI=1S/C15H18N4O5/c20-12(21)4-7-24-11-3-1-2-9(11)17-13-14-18-10(15(22)23)8-19(14)6-5-16-13/h5-6,8-9,11H,1-4,7H2,(H,16,17)(H,20,21)(H,22,23)/t9-,11-/m1/s1. The van der Waals surface area contributed by atoms with E-state index in [1.54, 1.807) is 16.8 Å². The highest BCUT2D eigenvalue weighted by atomic mass is 16.5. The van der Waals surface area contributed by atoms with Crippen LogP contribution in [0.3, 0.4) is 0 Å². The Balaban J connectivity index is 1.73. The van der Waals surface area contributed by atoms with Gasteiger partial charge in [0.15, 0.2) is 17.2 Å². The lowest BCUT2D eigenvalue weighted by Crippen LogP contribution is -2.31. The number of rotatable bonds is 7. The van der Waals surface area contributed by atoms with E-state index in [9.17, 15) is 9.59 Å². The molecule has 24 heavy (non-hydrogen) atoms. The van der Waals surface area contributed by atoms with E-state index < -0.39 is 11.9 Å². The Labute approximate surface area is 137 Å². The summed E-state index contributed by atoms with van der Waals surface area (Å²) in [6, 6.07) is -0.0116. The van der Waals surface area contributed by atoms with Crippen molar-refractivity contribution in [2.75, 3.05) is 11.9 Å². The number of carboxylic acid groups (broad SMARTS) is 2. The minimum atomic E-state index is -1.10. The van der Waals surface area contributed by atoms with E-state index in [4.69, 9.17) is 14.9 Å². The monoisotopic (exact) mass is 334 g/mol. The molecule has 1 aliphatic rings. The minimum Gasteiger partial charge on any atom is -0.481 e. The van der Waals surface area contributed by atoms with Crippen LogP contribution in [0.4, 0.5) is 5.82 Å². The number of nitrogens with one attached hydrogen (secondary N) is 1. The van der Waals surface area contributed by atoms with Crippen LogP contribution in [0, 0.1) is 0 Å². The van der Waals surface area contributed by atoms with Crippen molar-refractivity contribution >= 4 is 23.4 Å². The van der Waals surface area contributed by atoms with Crippen LogP contribution < -0.4 is 5.32 Å². The van der Waals surface area contributed by atoms with Gasteiger partial charge in [0, 0.05) is 18.6 Å². The average molecular weight is 334 g/mol. The summed E-state index contributed by atoms with van der Waals surface area (Å²) in [7, 11) is 0. The third kappa shape index (κ3) is 3.46. The Kier molecular flexibility index (Phi) is 4.61. The van der Waals surface area contributed by atoms with E-state index in [0.29, 0.717) is 11.5 Å². The molecule has 1 aliphatic carbocycles. The first-order valence-corrected chi connectivity index (χ1v) is 7.71. The predicted octanol–water partition coefficient (Wildman–Crippen LogP) is 1.25. The van der Waals surface area contributed by atoms with Crippen LogP contribution in [0.1, 0.15) is 36.2 Å². The van der Waals surface area contributed by atoms with Crippen LogP contribution in [0.15, 0.2) is 18.6 Å². The van der Waals surface area contributed by atoms with Gasteiger partial charge in [-0.25, -0.2) is 14.8 Å². The number of imidazole rings is 1. The fraction of sp³-hybridized carbons (Fsp3) is 0.467. The first-order chi connectivity index (χ1) is 11.5. The Morgan fingerprint density at radius 2 is 2.21 bits per heavy atom. The molecule has 0 amide bonds. The molecule has 9 nitrogen and oxygen atoms in total. The molecule has 0 aliphatic heterocycles. The summed E-state index contributed by atoms with van der Waals surface area (Å²) in [5.74, 6) is -1.49. The van der Waals surface area contributed by atoms with Crippen LogP contribution in [-0.2, 0) is 9.53 Å². The molecule has 0 aromatic carbocycles. The molecule has 128 valence electrons. The van der Waals surface area contributed by atoms with Crippen molar-refractivity contribution < 1.29 is 24.5 Å². The number of fused-ring (bicyclic) bond motifs is 1. The Morgan fingerprint density at radius 3 is 2.96 bits per heavy atom. The van der Waals surface area contributed by atoms with Crippen molar-refractivity contribution in [1.29, 1.82) is 0 Å². The molecule has 1 saturated carbocycles. The van der Waals surface area contributed by atoms with E-state index in [1.807, 2.05) is 0 Å². The number of anilines is 1. The molecule has 2 aromatic heterocycles. The van der Waals surface area contributed by atoms with Crippen molar-refractivity contribution in [3.63, 3.8) is 0 Å². The highest BCUT2D eigenvalue weighted by Gasteiger charge is 2.29. The molecule has 0 bridgehead atoms. The molecule has 3 N–H and O–H groups in total. The summed E-state index contributed by atoms with van der Waals surface area (Å²) in [5.41, 5.74) is 0.387. The highest BCUT2D eigenvalue weighted by Crippen LogP contribution is 2.26. The first kappa shape index (κ1) is 16.2. The van der Waals surface area contributed by atoms with Crippen LogP contribution in [0.25, 0.3) is 5.65 Å². The molecule has 2 aromatic rings. The number of carboxylic acids is 2. The molecule has 2 atom stereocenters. The second-order valence-electron chi connectivity index (χ2n) is 5.67. The van der Waals surface area contributed by atoms with E-state index in [0.717, 1.165) is 19.3 Å². The van der Waals surface area contributed by atoms with Crippen molar-refractivity contribution in [2.45, 2.75) is 37.8 Å². The summed E-state index contributed by atoms with van der Waals surface area (Å²) in [5, 5.41) is 21.0. The lowest BCUT2D eigenvalue weighted by molar-refractivity contribution is -0.138. The van der Waals surface area contributed by atoms with Crippen molar-refractivity contribution in [3.05, 3.63) is 24.3 Å². The molecule has 2 heterocycles. The Hall–Kier alpha value is -2.68. The van der Waals surface area contributed by atoms with Crippen molar-refractivity contribution in [2.24, 2.45) is 0 Å². The van der Waals surface area contributed by atoms with Crippen LogP contribution in [0.2, 0.25) is 0 Å². The molecule has 9 heteroatoms. The number of hydrogen-bond donors (Lipinski definition) is 3. The first-order valence-electron chi connectivity index (χ1n) is 7.71. The van der Waals surface area contributed by atoms with Crippen LogP contribution in [-0.4, -0.2) is 55.3 Å². The van der Waals surface area contributed by atoms with Gasteiger partial charge in [-0.3, -0.25) is 4.79 Å². The smallest absolute Gasteiger partial charge is 0.356 e. The molecular formula is C15H18N4O5. The zero-order valence-electron chi connectivity index (χ0n) is 12.9. The summed E-state index contributed by atoms with van der Waals surface area (Å²) in [6.45, 7) is 0.169. The normalized spacial score (nSPS) is 20.3. The Bertz CT molecular complexity index is 759. The summed E-state index contributed by atoms with van der Waals surface area (Å²) >= 11 is 0. The fourth-order valence-corrected chi connectivity index (χ4v) is 2.89. The minimum absolute atomic E-state index is 0.0116. The summed E-state index contributed by atoms with van der Waals surface area (Å²) in [6.07, 6.45) is 7.18. The predicted molar refractivity (Wildman–Crippen MR) is 83.2 cm³/mol. The number of aliphatic carboxylic acids is 1. The number of hydrogen-bond acceptors (Lipinski definition) is 6. The van der Waals surface area contributed by atoms with Gasteiger partial charge in [0.2, 0.25) is 0 Å². The maximum Gasteiger partial charge on any atom is 0.356 e. The quantitative estimate of drug-likeness (QED) is 0.690.